The van der Waals surface area contributed by atoms with Crippen LogP contribution < -0.4 is 10.3 Å². The monoisotopic (exact) mass is 257 g/mol. The summed E-state index contributed by atoms with van der Waals surface area (Å²) < 4.78 is 38.5. The first kappa shape index (κ1) is 10.1. The van der Waals surface area contributed by atoms with E-state index in [0.29, 0.717) is 0 Å². The van der Waals surface area contributed by atoms with Gasteiger partial charge in [-0.3, -0.25) is 4.79 Å². The molecule has 72 valence electrons. The number of nitrogens with one attached hydrogen (secondary N) is 1. The van der Waals surface area contributed by atoms with Crippen LogP contribution in [0.4, 0.5) is 13.2 Å². The maximum Gasteiger partial charge on any atom is 0.573 e. The standard InChI is InChI=1S/C6H3BrF3NO2/c7-4-1-3(2-11-5(4)12)13-6(8,9)10/h1-2H,(H,11,12). The summed E-state index contributed by atoms with van der Waals surface area (Å²) in [6, 6.07) is 0.937. The van der Waals surface area contributed by atoms with Crippen molar-refractivity contribution in [2.75, 3.05) is 0 Å². The van der Waals surface area contributed by atoms with Gasteiger partial charge in [-0.05, 0) is 15.9 Å². The van der Waals surface area contributed by atoms with Crippen molar-refractivity contribution >= 4 is 15.9 Å². The first-order valence-corrected chi connectivity index (χ1v) is 3.82. The predicted molar refractivity (Wildman–Crippen MR) is 41.4 cm³/mol. The molecule has 0 aliphatic heterocycles. The summed E-state index contributed by atoms with van der Waals surface area (Å²) >= 11 is 2.76. The summed E-state index contributed by atoms with van der Waals surface area (Å²) in [6.07, 6.45) is -3.92. The van der Waals surface area contributed by atoms with E-state index in [1.807, 2.05) is 0 Å². The first-order chi connectivity index (χ1) is 5.88. The highest BCUT2D eigenvalue weighted by Crippen LogP contribution is 2.22. The Bertz CT molecular complexity index is 360. The second kappa shape index (κ2) is 3.41. The Hall–Kier alpha value is -0.980. The fourth-order valence-electron chi connectivity index (χ4n) is 0.630. The molecule has 1 aromatic heterocycles. The molecule has 0 aliphatic carbocycles. The molecule has 3 nitrogen and oxygen atoms in total. The van der Waals surface area contributed by atoms with Gasteiger partial charge in [-0.15, -0.1) is 13.2 Å². The number of pyridine rings is 1. The van der Waals surface area contributed by atoms with Crippen molar-refractivity contribution < 1.29 is 17.9 Å². The average Bonchev–Trinajstić information content (AvgIpc) is 1.94. The molecule has 1 N–H and O–H groups in total. The lowest BCUT2D eigenvalue weighted by molar-refractivity contribution is -0.274. The molecule has 0 spiro atoms. The summed E-state index contributed by atoms with van der Waals surface area (Å²) in [5, 5.41) is 0. The van der Waals surface area contributed by atoms with Crippen molar-refractivity contribution in [3.05, 3.63) is 27.1 Å². The van der Waals surface area contributed by atoms with E-state index in [9.17, 15) is 18.0 Å². The van der Waals surface area contributed by atoms with Gasteiger partial charge in [0.25, 0.3) is 5.56 Å². The average molecular weight is 258 g/mol. The van der Waals surface area contributed by atoms with Crippen LogP contribution in [0, 0.1) is 0 Å². The van der Waals surface area contributed by atoms with E-state index in [-0.39, 0.29) is 4.47 Å². The van der Waals surface area contributed by atoms with E-state index >= 15 is 0 Å². The van der Waals surface area contributed by atoms with Crippen molar-refractivity contribution in [1.82, 2.24) is 4.98 Å². The number of rotatable bonds is 1. The van der Waals surface area contributed by atoms with Gasteiger partial charge >= 0.3 is 6.36 Å². The highest BCUT2D eigenvalue weighted by atomic mass is 79.9. The third-order valence-electron chi connectivity index (χ3n) is 1.06. The maximum absolute atomic E-state index is 11.6. The number of alkyl halides is 3. The predicted octanol–water partition coefficient (Wildman–Crippen LogP) is 2.04. The molecule has 0 saturated heterocycles. The molecule has 1 heterocycles. The summed E-state index contributed by atoms with van der Waals surface area (Å²) in [7, 11) is 0. The van der Waals surface area contributed by atoms with Crippen molar-refractivity contribution in [1.29, 1.82) is 0 Å². The van der Waals surface area contributed by atoms with Crippen molar-refractivity contribution in [2.24, 2.45) is 0 Å². The lowest BCUT2D eigenvalue weighted by Gasteiger charge is -2.07. The SMILES string of the molecule is O=c1[nH]cc(OC(F)(F)F)cc1Br. The van der Waals surface area contributed by atoms with Gasteiger partial charge in [0.05, 0.1) is 4.47 Å². The van der Waals surface area contributed by atoms with Gasteiger partial charge in [-0.2, -0.15) is 0 Å². The normalized spacial score (nSPS) is 11.4. The molecule has 7 heteroatoms. The van der Waals surface area contributed by atoms with Crippen molar-refractivity contribution in [2.45, 2.75) is 6.36 Å². The number of ether oxygens (including phenoxy) is 1. The van der Waals surface area contributed by atoms with Crippen LogP contribution in [-0.4, -0.2) is 11.3 Å². The minimum Gasteiger partial charge on any atom is -0.404 e. The van der Waals surface area contributed by atoms with E-state index < -0.39 is 17.7 Å². The van der Waals surface area contributed by atoms with E-state index in [1.54, 1.807) is 0 Å². The number of hydrogen-bond donors (Lipinski definition) is 1. The molecule has 0 aliphatic rings. The highest BCUT2D eigenvalue weighted by Gasteiger charge is 2.31. The van der Waals surface area contributed by atoms with Gasteiger partial charge in [-0.25, -0.2) is 0 Å². The number of H-pyrrole nitrogens is 1. The van der Waals surface area contributed by atoms with Gasteiger partial charge in [0, 0.05) is 12.3 Å². The number of aromatic nitrogens is 1. The zero-order valence-corrected chi connectivity index (χ0v) is 7.57. The molecular weight excluding hydrogens is 255 g/mol. The Balaban J connectivity index is 2.92. The van der Waals surface area contributed by atoms with Crippen LogP contribution in [-0.2, 0) is 0 Å². The topological polar surface area (TPSA) is 42.1 Å². The van der Waals surface area contributed by atoms with Crippen LogP contribution >= 0.6 is 15.9 Å². The second-order valence-electron chi connectivity index (χ2n) is 2.06. The fourth-order valence-corrected chi connectivity index (χ4v) is 0.970. The Morgan fingerprint density at radius 3 is 2.54 bits per heavy atom. The molecule has 0 amide bonds. The van der Waals surface area contributed by atoms with Crippen LogP contribution in [0.25, 0.3) is 0 Å². The maximum atomic E-state index is 11.6. The van der Waals surface area contributed by atoms with Gasteiger partial charge in [0.2, 0.25) is 0 Å². The molecule has 13 heavy (non-hydrogen) atoms. The molecule has 1 aromatic rings. The number of aromatic amines is 1. The van der Waals surface area contributed by atoms with E-state index in [2.05, 4.69) is 25.7 Å². The van der Waals surface area contributed by atoms with Crippen molar-refractivity contribution in [3.63, 3.8) is 0 Å². The zero-order chi connectivity index (χ0) is 10.1. The molecule has 0 unspecified atom stereocenters. The minimum absolute atomic E-state index is 0.0192. The van der Waals surface area contributed by atoms with Crippen LogP contribution in [0.15, 0.2) is 21.5 Å². The largest absolute Gasteiger partial charge is 0.573 e. The van der Waals surface area contributed by atoms with Gasteiger partial charge in [0.15, 0.2) is 0 Å². The Labute approximate surface area is 78.7 Å². The van der Waals surface area contributed by atoms with Crippen LogP contribution in [0.5, 0.6) is 5.75 Å². The van der Waals surface area contributed by atoms with Crippen LogP contribution in [0.3, 0.4) is 0 Å². The molecule has 0 atom stereocenters. The molecule has 0 saturated carbocycles. The fraction of sp³-hybridized carbons (Fsp3) is 0.167. The van der Waals surface area contributed by atoms with Crippen molar-refractivity contribution in [3.8, 4) is 5.75 Å². The lowest BCUT2D eigenvalue weighted by atomic mass is 10.5. The number of hydrogen-bond acceptors (Lipinski definition) is 2. The highest BCUT2D eigenvalue weighted by molar-refractivity contribution is 9.10. The Kier molecular flexibility index (Phi) is 2.65. The Morgan fingerprint density at radius 2 is 2.08 bits per heavy atom. The summed E-state index contributed by atoms with van der Waals surface area (Å²) in [6.45, 7) is 0. The van der Waals surface area contributed by atoms with Gasteiger partial charge in [-0.1, -0.05) is 0 Å². The number of halogens is 4. The molecule has 0 fully saturated rings. The van der Waals surface area contributed by atoms with Gasteiger partial charge < -0.3 is 9.72 Å². The van der Waals surface area contributed by atoms with E-state index in [4.69, 9.17) is 0 Å². The smallest absolute Gasteiger partial charge is 0.404 e. The molecule has 0 bridgehead atoms. The summed E-state index contributed by atoms with van der Waals surface area (Å²) in [5.41, 5.74) is -0.519. The first-order valence-electron chi connectivity index (χ1n) is 3.02. The van der Waals surface area contributed by atoms with Crippen LogP contribution in [0.1, 0.15) is 0 Å². The molecule has 1 rings (SSSR count). The third-order valence-corrected chi connectivity index (χ3v) is 1.65. The van der Waals surface area contributed by atoms with Gasteiger partial charge in [0.1, 0.15) is 5.75 Å². The zero-order valence-electron chi connectivity index (χ0n) is 5.98. The molecule has 0 radical (unpaired) electrons. The minimum atomic E-state index is -4.75. The quantitative estimate of drug-likeness (QED) is 0.837. The van der Waals surface area contributed by atoms with Crippen LogP contribution in [0.2, 0.25) is 0 Å². The third kappa shape index (κ3) is 3.10. The van der Waals surface area contributed by atoms with E-state index in [1.165, 1.54) is 0 Å². The molecular formula is C6H3BrF3NO2. The second-order valence-corrected chi connectivity index (χ2v) is 2.91. The van der Waals surface area contributed by atoms with E-state index in [0.717, 1.165) is 12.3 Å². The molecule has 0 aromatic carbocycles. The summed E-state index contributed by atoms with van der Waals surface area (Å²) in [4.78, 5) is 12.8. The summed E-state index contributed by atoms with van der Waals surface area (Å²) in [5.74, 6) is -0.473. The lowest BCUT2D eigenvalue weighted by Crippen LogP contribution is -2.18. The Morgan fingerprint density at radius 1 is 1.46 bits per heavy atom.